The number of amides is 1. The number of aryl methyl sites for hydroxylation is 1. The molecule has 0 bridgehead atoms. The molecule has 1 amide bonds. The monoisotopic (exact) mass is 333 g/mol. The van der Waals surface area contributed by atoms with Crippen LogP contribution in [-0.4, -0.2) is 17.4 Å². The van der Waals surface area contributed by atoms with E-state index in [1.807, 2.05) is 44.2 Å². The molecule has 0 aliphatic rings. The van der Waals surface area contributed by atoms with Crippen LogP contribution in [0.15, 0.2) is 41.0 Å². The first-order chi connectivity index (χ1) is 9.60. The number of hydrogen-bond donors (Lipinski definition) is 2. The molecule has 20 heavy (non-hydrogen) atoms. The SMILES string of the molecule is CCNc1cc(C)ncc1C(=O)Nc1cccc(Br)c1. The van der Waals surface area contributed by atoms with Gasteiger partial charge >= 0.3 is 0 Å². The van der Waals surface area contributed by atoms with Gasteiger partial charge in [0, 0.05) is 28.6 Å². The highest BCUT2D eigenvalue weighted by atomic mass is 79.9. The Bertz CT molecular complexity index is 628. The van der Waals surface area contributed by atoms with Crippen molar-refractivity contribution < 1.29 is 4.79 Å². The Kier molecular flexibility index (Phi) is 4.74. The molecule has 1 aromatic heterocycles. The molecule has 2 rings (SSSR count). The summed E-state index contributed by atoms with van der Waals surface area (Å²) in [6.07, 6.45) is 1.60. The lowest BCUT2D eigenvalue weighted by molar-refractivity contribution is 0.102. The summed E-state index contributed by atoms with van der Waals surface area (Å²) >= 11 is 3.38. The van der Waals surface area contributed by atoms with Gasteiger partial charge in [0.1, 0.15) is 0 Å². The summed E-state index contributed by atoms with van der Waals surface area (Å²) in [6.45, 7) is 4.64. The van der Waals surface area contributed by atoms with Crippen molar-refractivity contribution in [1.82, 2.24) is 4.98 Å². The number of anilines is 2. The number of halogens is 1. The second kappa shape index (κ2) is 6.52. The van der Waals surface area contributed by atoms with E-state index < -0.39 is 0 Å². The van der Waals surface area contributed by atoms with Gasteiger partial charge in [-0.3, -0.25) is 9.78 Å². The molecular weight excluding hydrogens is 318 g/mol. The Balaban J connectivity index is 2.24. The van der Waals surface area contributed by atoms with Gasteiger partial charge in [-0.2, -0.15) is 0 Å². The first-order valence-corrected chi connectivity index (χ1v) is 7.17. The normalized spacial score (nSPS) is 10.2. The van der Waals surface area contributed by atoms with Crippen LogP contribution in [-0.2, 0) is 0 Å². The minimum atomic E-state index is -0.174. The Morgan fingerprint density at radius 3 is 2.85 bits per heavy atom. The summed E-state index contributed by atoms with van der Waals surface area (Å²) in [6, 6.07) is 9.36. The molecule has 5 heteroatoms. The average Bonchev–Trinajstić information content (AvgIpc) is 2.39. The smallest absolute Gasteiger partial charge is 0.259 e. The standard InChI is InChI=1S/C15H16BrN3O/c1-3-17-14-7-10(2)18-9-13(14)15(20)19-12-6-4-5-11(16)8-12/h4-9H,3H2,1-2H3,(H,17,18)(H,19,20). The van der Waals surface area contributed by atoms with Gasteiger partial charge in [-0.25, -0.2) is 0 Å². The van der Waals surface area contributed by atoms with Crippen LogP contribution < -0.4 is 10.6 Å². The molecule has 104 valence electrons. The molecule has 0 saturated heterocycles. The first-order valence-electron chi connectivity index (χ1n) is 6.37. The van der Waals surface area contributed by atoms with Crippen molar-refractivity contribution in [3.63, 3.8) is 0 Å². The summed E-state index contributed by atoms with van der Waals surface area (Å²) in [5.41, 5.74) is 2.96. The minimum absolute atomic E-state index is 0.174. The molecule has 0 fully saturated rings. The van der Waals surface area contributed by atoms with Gasteiger partial charge in [-0.05, 0) is 38.1 Å². The number of rotatable bonds is 4. The highest BCUT2D eigenvalue weighted by molar-refractivity contribution is 9.10. The molecule has 0 spiro atoms. The number of hydrogen-bond acceptors (Lipinski definition) is 3. The molecule has 2 aromatic rings. The Labute approximate surface area is 126 Å². The molecule has 0 radical (unpaired) electrons. The van der Waals surface area contributed by atoms with E-state index in [9.17, 15) is 4.79 Å². The summed E-state index contributed by atoms with van der Waals surface area (Å²) < 4.78 is 0.921. The van der Waals surface area contributed by atoms with E-state index in [-0.39, 0.29) is 5.91 Å². The lowest BCUT2D eigenvalue weighted by atomic mass is 10.2. The third-order valence-electron chi connectivity index (χ3n) is 2.74. The highest BCUT2D eigenvalue weighted by Crippen LogP contribution is 2.20. The molecule has 0 aliphatic carbocycles. The quantitative estimate of drug-likeness (QED) is 0.893. The average molecular weight is 334 g/mol. The number of carbonyl (C=O) groups excluding carboxylic acids is 1. The molecule has 0 aliphatic heterocycles. The van der Waals surface area contributed by atoms with Crippen molar-refractivity contribution >= 4 is 33.2 Å². The molecule has 1 aromatic carbocycles. The zero-order valence-corrected chi connectivity index (χ0v) is 13.0. The number of benzene rings is 1. The van der Waals surface area contributed by atoms with Crippen LogP contribution in [0.3, 0.4) is 0 Å². The molecule has 0 saturated carbocycles. The molecule has 4 nitrogen and oxygen atoms in total. The van der Waals surface area contributed by atoms with E-state index in [2.05, 4.69) is 31.5 Å². The minimum Gasteiger partial charge on any atom is -0.385 e. The fourth-order valence-corrected chi connectivity index (χ4v) is 2.24. The third kappa shape index (κ3) is 3.57. The van der Waals surface area contributed by atoms with E-state index >= 15 is 0 Å². The molecule has 1 heterocycles. The predicted octanol–water partition coefficient (Wildman–Crippen LogP) is 3.84. The number of nitrogens with zero attached hydrogens (tertiary/aromatic N) is 1. The van der Waals surface area contributed by atoms with E-state index in [1.165, 1.54) is 0 Å². The van der Waals surface area contributed by atoms with E-state index in [4.69, 9.17) is 0 Å². The van der Waals surface area contributed by atoms with Gasteiger partial charge in [0.15, 0.2) is 0 Å². The summed E-state index contributed by atoms with van der Waals surface area (Å²) in [5.74, 6) is -0.174. The maximum atomic E-state index is 12.3. The Morgan fingerprint density at radius 1 is 1.35 bits per heavy atom. The van der Waals surface area contributed by atoms with Crippen molar-refractivity contribution in [2.45, 2.75) is 13.8 Å². The van der Waals surface area contributed by atoms with E-state index in [1.54, 1.807) is 6.20 Å². The van der Waals surface area contributed by atoms with Gasteiger partial charge in [-0.1, -0.05) is 22.0 Å². The molecule has 2 N–H and O–H groups in total. The lowest BCUT2D eigenvalue weighted by Crippen LogP contribution is -2.15. The summed E-state index contributed by atoms with van der Waals surface area (Å²) in [4.78, 5) is 16.5. The van der Waals surface area contributed by atoms with Crippen LogP contribution in [0.1, 0.15) is 23.0 Å². The summed E-state index contributed by atoms with van der Waals surface area (Å²) in [5, 5.41) is 6.05. The second-order valence-electron chi connectivity index (χ2n) is 4.37. The largest absolute Gasteiger partial charge is 0.385 e. The van der Waals surface area contributed by atoms with Crippen LogP contribution in [0.5, 0.6) is 0 Å². The van der Waals surface area contributed by atoms with Crippen molar-refractivity contribution in [3.05, 3.63) is 52.3 Å². The number of carbonyl (C=O) groups is 1. The van der Waals surface area contributed by atoms with Crippen molar-refractivity contribution in [1.29, 1.82) is 0 Å². The zero-order valence-electron chi connectivity index (χ0n) is 11.4. The van der Waals surface area contributed by atoms with Crippen LogP contribution in [0.4, 0.5) is 11.4 Å². The lowest BCUT2D eigenvalue weighted by Gasteiger charge is -2.11. The van der Waals surface area contributed by atoms with Crippen molar-refractivity contribution in [2.75, 3.05) is 17.2 Å². The number of aromatic nitrogens is 1. The van der Waals surface area contributed by atoms with Crippen LogP contribution in [0, 0.1) is 6.92 Å². The Morgan fingerprint density at radius 2 is 2.15 bits per heavy atom. The predicted molar refractivity (Wildman–Crippen MR) is 85.2 cm³/mol. The van der Waals surface area contributed by atoms with Crippen LogP contribution in [0.2, 0.25) is 0 Å². The molecule has 0 unspecified atom stereocenters. The van der Waals surface area contributed by atoms with Gasteiger partial charge < -0.3 is 10.6 Å². The van der Waals surface area contributed by atoms with Crippen molar-refractivity contribution in [3.8, 4) is 0 Å². The second-order valence-corrected chi connectivity index (χ2v) is 5.28. The fraction of sp³-hybridized carbons (Fsp3) is 0.200. The zero-order chi connectivity index (χ0) is 14.5. The van der Waals surface area contributed by atoms with E-state index in [0.29, 0.717) is 5.56 Å². The van der Waals surface area contributed by atoms with Crippen LogP contribution >= 0.6 is 15.9 Å². The number of pyridine rings is 1. The van der Waals surface area contributed by atoms with Gasteiger partial charge in [-0.15, -0.1) is 0 Å². The van der Waals surface area contributed by atoms with E-state index in [0.717, 1.165) is 28.1 Å². The van der Waals surface area contributed by atoms with Gasteiger partial charge in [0.2, 0.25) is 0 Å². The molecule has 0 atom stereocenters. The summed E-state index contributed by atoms with van der Waals surface area (Å²) in [7, 11) is 0. The van der Waals surface area contributed by atoms with Crippen molar-refractivity contribution in [2.24, 2.45) is 0 Å². The topological polar surface area (TPSA) is 54.0 Å². The van der Waals surface area contributed by atoms with Gasteiger partial charge in [0.25, 0.3) is 5.91 Å². The molecular formula is C15H16BrN3O. The van der Waals surface area contributed by atoms with Gasteiger partial charge in [0.05, 0.1) is 11.3 Å². The first kappa shape index (κ1) is 14.5. The Hall–Kier alpha value is -1.88. The maximum absolute atomic E-state index is 12.3. The van der Waals surface area contributed by atoms with Crippen LogP contribution in [0.25, 0.3) is 0 Å². The number of nitrogens with one attached hydrogen (secondary N) is 2. The highest BCUT2D eigenvalue weighted by Gasteiger charge is 2.12. The third-order valence-corrected chi connectivity index (χ3v) is 3.23. The fourth-order valence-electron chi connectivity index (χ4n) is 1.84. The maximum Gasteiger partial charge on any atom is 0.259 e.